The zero-order chi connectivity index (χ0) is 26.1. The molecule has 0 heterocycles. The molecule has 2 N–H and O–H groups in total. The predicted molar refractivity (Wildman–Crippen MR) is 137 cm³/mol. The lowest BCUT2D eigenvalue weighted by atomic mass is 10.00. The SMILES string of the molecule is C#Cc1ccc(C(C(=O)NC(C)(C)C)N(C#C)C(=O)C(CCSC)NC(=O)OC(C)(C)C)cc1. The van der Waals surface area contributed by atoms with Crippen molar-refractivity contribution < 1.29 is 19.1 Å². The molecule has 1 aromatic carbocycles. The molecule has 0 aliphatic heterocycles. The standard InChI is InChI=1S/C26H35N3O4S/c1-10-18-12-14-19(15-13-18)21(22(30)28-25(3,4)5)29(11-2)23(31)20(16-17-34-9)27-24(32)33-26(6,7)8/h1-2,12-15,20-21H,16-17H2,3-9H3,(H,27,32)(H,28,30). The van der Waals surface area contributed by atoms with Crippen LogP contribution in [0.1, 0.15) is 65.1 Å². The van der Waals surface area contributed by atoms with Crippen LogP contribution in [0.25, 0.3) is 0 Å². The Hall–Kier alpha value is -3.10. The van der Waals surface area contributed by atoms with Crippen molar-refractivity contribution in [2.24, 2.45) is 0 Å². The van der Waals surface area contributed by atoms with Crippen LogP contribution in [0, 0.1) is 24.8 Å². The Morgan fingerprint density at radius 2 is 1.68 bits per heavy atom. The van der Waals surface area contributed by atoms with Gasteiger partial charge in [0.15, 0.2) is 0 Å². The molecule has 0 aromatic heterocycles. The highest BCUT2D eigenvalue weighted by atomic mass is 32.2. The van der Waals surface area contributed by atoms with Crippen LogP contribution in [0.15, 0.2) is 24.3 Å². The average Bonchev–Trinajstić information content (AvgIpc) is 2.71. The summed E-state index contributed by atoms with van der Waals surface area (Å²) in [6.07, 6.45) is 12.7. The van der Waals surface area contributed by atoms with Crippen LogP contribution in [0.5, 0.6) is 0 Å². The van der Waals surface area contributed by atoms with Crippen LogP contribution < -0.4 is 10.6 Å². The summed E-state index contributed by atoms with van der Waals surface area (Å²) < 4.78 is 5.32. The number of amides is 3. The number of alkyl carbamates (subject to hydrolysis) is 1. The molecule has 0 aliphatic rings. The molecule has 2 atom stereocenters. The number of terminal acetylenes is 2. The molecule has 0 bridgehead atoms. The molecule has 0 radical (unpaired) electrons. The number of ether oxygens (including phenoxy) is 1. The predicted octanol–water partition coefficient (Wildman–Crippen LogP) is 3.69. The van der Waals surface area contributed by atoms with Gasteiger partial charge in [0.05, 0.1) is 0 Å². The van der Waals surface area contributed by atoms with Crippen molar-refractivity contribution in [3.63, 3.8) is 0 Å². The Morgan fingerprint density at radius 3 is 2.12 bits per heavy atom. The molecular weight excluding hydrogens is 450 g/mol. The second-order valence-corrected chi connectivity index (χ2v) is 10.7. The minimum atomic E-state index is -1.12. The summed E-state index contributed by atoms with van der Waals surface area (Å²) in [7, 11) is 0. The smallest absolute Gasteiger partial charge is 0.408 e. The largest absolute Gasteiger partial charge is 0.444 e. The van der Waals surface area contributed by atoms with E-state index in [4.69, 9.17) is 17.6 Å². The lowest BCUT2D eigenvalue weighted by Gasteiger charge is -2.32. The maximum atomic E-state index is 13.6. The summed E-state index contributed by atoms with van der Waals surface area (Å²) in [6, 6.07) is 6.94. The minimum absolute atomic E-state index is 0.307. The first-order chi connectivity index (χ1) is 15.7. The first kappa shape index (κ1) is 28.9. The first-order valence-corrected chi connectivity index (χ1v) is 12.3. The van der Waals surface area contributed by atoms with E-state index in [0.717, 1.165) is 4.90 Å². The molecule has 0 aliphatic carbocycles. The Kier molecular flexibility index (Phi) is 10.5. The third-order valence-electron chi connectivity index (χ3n) is 4.37. The van der Waals surface area contributed by atoms with Gasteiger partial charge in [-0.1, -0.05) is 24.5 Å². The van der Waals surface area contributed by atoms with E-state index in [9.17, 15) is 14.4 Å². The van der Waals surface area contributed by atoms with Gasteiger partial charge in [0.25, 0.3) is 5.91 Å². The molecule has 1 aromatic rings. The highest BCUT2D eigenvalue weighted by Crippen LogP contribution is 2.24. The Labute approximate surface area is 207 Å². The summed E-state index contributed by atoms with van der Waals surface area (Å²) in [5, 5.41) is 5.50. The summed E-state index contributed by atoms with van der Waals surface area (Å²) in [5.41, 5.74) is -0.184. The zero-order valence-corrected chi connectivity index (χ0v) is 21.8. The van der Waals surface area contributed by atoms with Gasteiger partial charge in [-0.15, -0.1) is 6.42 Å². The van der Waals surface area contributed by atoms with E-state index in [1.807, 2.05) is 27.0 Å². The van der Waals surface area contributed by atoms with Gasteiger partial charge in [-0.25, -0.2) is 4.79 Å². The van der Waals surface area contributed by atoms with Crippen LogP contribution in [-0.4, -0.2) is 52.0 Å². The van der Waals surface area contributed by atoms with E-state index >= 15 is 0 Å². The van der Waals surface area contributed by atoms with Crippen molar-refractivity contribution in [2.45, 2.75) is 71.2 Å². The van der Waals surface area contributed by atoms with Gasteiger partial charge in [0.1, 0.15) is 17.7 Å². The van der Waals surface area contributed by atoms with Gasteiger partial charge < -0.3 is 15.4 Å². The number of nitrogens with one attached hydrogen (secondary N) is 2. The number of carbonyl (C=O) groups excluding carboxylic acids is 3. The van der Waals surface area contributed by atoms with E-state index in [1.165, 1.54) is 11.8 Å². The van der Waals surface area contributed by atoms with Crippen molar-refractivity contribution in [2.75, 3.05) is 12.0 Å². The second-order valence-electron chi connectivity index (χ2n) is 9.73. The molecule has 3 amide bonds. The fourth-order valence-corrected chi connectivity index (χ4v) is 3.46. The van der Waals surface area contributed by atoms with E-state index in [2.05, 4.69) is 22.6 Å². The number of hydrogen-bond acceptors (Lipinski definition) is 5. The van der Waals surface area contributed by atoms with E-state index in [-0.39, 0.29) is 0 Å². The van der Waals surface area contributed by atoms with Crippen LogP contribution in [0.2, 0.25) is 0 Å². The maximum absolute atomic E-state index is 13.6. The number of carbonyl (C=O) groups is 3. The minimum Gasteiger partial charge on any atom is -0.444 e. The summed E-state index contributed by atoms with van der Waals surface area (Å²) >= 11 is 1.52. The molecule has 0 saturated carbocycles. The van der Waals surface area contributed by atoms with Crippen molar-refractivity contribution >= 4 is 29.7 Å². The molecule has 1 rings (SSSR count). The Bertz CT molecular complexity index is 947. The monoisotopic (exact) mass is 485 g/mol. The zero-order valence-electron chi connectivity index (χ0n) is 21.0. The second kappa shape index (κ2) is 12.4. The van der Waals surface area contributed by atoms with Gasteiger partial charge in [-0.05, 0) is 77.7 Å². The van der Waals surface area contributed by atoms with Crippen molar-refractivity contribution in [3.8, 4) is 24.8 Å². The van der Waals surface area contributed by atoms with Gasteiger partial charge in [-0.3, -0.25) is 14.5 Å². The fraction of sp³-hybridized carbons (Fsp3) is 0.500. The van der Waals surface area contributed by atoms with Crippen LogP contribution in [-0.2, 0) is 14.3 Å². The molecule has 0 spiro atoms. The van der Waals surface area contributed by atoms with Crippen LogP contribution in [0.3, 0.4) is 0 Å². The third-order valence-corrected chi connectivity index (χ3v) is 5.02. The number of rotatable bonds is 8. The van der Waals surface area contributed by atoms with Gasteiger partial charge in [-0.2, -0.15) is 11.8 Å². The Morgan fingerprint density at radius 1 is 1.09 bits per heavy atom. The number of thioether (sulfide) groups is 1. The highest BCUT2D eigenvalue weighted by Gasteiger charge is 2.36. The molecule has 2 unspecified atom stereocenters. The molecule has 184 valence electrons. The van der Waals surface area contributed by atoms with E-state index < -0.39 is 41.1 Å². The summed E-state index contributed by atoms with van der Waals surface area (Å²) in [6.45, 7) is 10.7. The molecule has 0 saturated heterocycles. The lowest BCUT2D eigenvalue weighted by Crippen LogP contribution is -2.53. The quantitative estimate of drug-likeness (QED) is 0.433. The van der Waals surface area contributed by atoms with Gasteiger partial charge in [0, 0.05) is 17.1 Å². The lowest BCUT2D eigenvalue weighted by molar-refractivity contribution is -0.139. The summed E-state index contributed by atoms with van der Waals surface area (Å²) in [4.78, 5) is 40.3. The topological polar surface area (TPSA) is 87.7 Å². The molecule has 8 heteroatoms. The molecular formula is C26H35N3O4S. The van der Waals surface area contributed by atoms with Gasteiger partial charge in [0.2, 0.25) is 5.91 Å². The molecule has 34 heavy (non-hydrogen) atoms. The number of nitrogens with zero attached hydrogens (tertiary/aromatic N) is 1. The number of hydrogen-bond donors (Lipinski definition) is 2. The third kappa shape index (κ3) is 9.41. The normalized spacial score (nSPS) is 13.0. The molecule has 0 fully saturated rings. The average molecular weight is 486 g/mol. The van der Waals surface area contributed by atoms with Crippen molar-refractivity contribution in [1.82, 2.24) is 15.5 Å². The van der Waals surface area contributed by atoms with Gasteiger partial charge >= 0.3 is 6.09 Å². The van der Waals surface area contributed by atoms with E-state index in [1.54, 1.807) is 45.0 Å². The van der Waals surface area contributed by atoms with E-state index in [0.29, 0.717) is 23.3 Å². The van der Waals surface area contributed by atoms with Crippen molar-refractivity contribution in [3.05, 3.63) is 35.4 Å². The number of benzene rings is 1. The summed E-state index contributed by atoms with van der Waals surface area (Å²) in [5.74, 6) is 2.07. The molecule has 7 nitrogen and oxygen atoms in total. The van der Waals surface area contributed by atoms with Crippen LogP contribution in [0.4, 0.5) is 4.79 Å². The first-order valence-electron chi connectivity index (χ1n) is 10.9. The highest BCUT2D eigenvalue weighted by molar-refractivity contribution is 7.98. The fourth-order valence-electron chi connectivity index (χ4n) is 2.99. The van der Waals surface area contributed by atoms with Crippen molar-refractivity contribution in [1.29, 1.82) is 0 Å². The Balaban J connectivity index is 3.39. The maximum Gasteiger partial charge on any atom is 0.408 e. The van der Waals surface area contributed by atoms with Crippen LogP contribution >= 0.6 is 11.8 Å².